The predicted octanol–water partition coefficient (Wildman–Crippen LogP) is 2.97. The van der Waals surface area contributed by atoms with Crippen LogP contribution >= 0.6 is 27.2 Å². The Hall–Kier alpha value is 1.43. The van der Waals surface area contributed by atoms with Gasteiger partial charge in [-0.15, -0.1) is 0 Å². The van der Waals surface area contributed by atoms with Crippen molar-refractivity contribution in [2.75, 3.05) is 0 Å². The van der Waals surface area contributed by atoms with Crippen LogP contribution in [-0.2, 0) is 32.7 Å². The molecule has 0 saturated carbocycles. The maximum atomic E-state index is 3.06. The van der Waals surface area contributed by atoms with E-state index in [4.69, 9.17) is 0 Å². The average molecular weight is 367 g/mol. The molecule has 0 aliphatic heterocycles. The fourth-order valence-corrected chi connectivity index (χ4v) is 0.304. The smallest absolute Gasteiger partial charge is 0.288 e. The van der Waals surface area contributed by atoms with Crippen molar-refractivity contribution in [3.8, 4) is 0 Å². The van der Waals surface area contributed by atoms with Gasteiger partial charge in [-0.2, -0.15) is 0 Å². The van der Waals surface area contributed by atoms with Gasteiger partial charge in [0.15, 0.2) is 0 Å². The predicted molar refractivity (Wildman–Crippen MR) is 42.0 cm³/mol. The molecule has 0 aliphatic carbocycles. The topological polar surface area (TPSA) is 0 Å². The third-order valence-electron chi connectivity index (χ3n) is 0.552. The van der Waals surface area contributed by atoms with Gasteiger partial charge in [0.05, 0.1) is 0 Å². The van der Waals surface area contributed by atoms with Crippen molar-refractivity contribution in [2.45, 2.75) is 0 Å². The van der Waals surface area contributed by atoms with Gasteiger partial charge in [-0.25, -0.2) is 0 Å². The Morgan fingerprint density at radius 1 is 0.700 bits per heavy atom. The van der Waals surface area contributed by atoms with Gasteiger partial charge < -0.3 is 12.1 Å². The van der Waals surface area contributed by atoms with Crippen molar-refractivity contribution >= 4 is 27.2 Å². The summed E-state index contributed by atoms with van der Waals surface area (Å²) in [6.07, 6.45) is 0. The van der Waals surface area contributed by atoms with Gasteiger partial charge in [0.25, 0.3) is 0 Å². The Kier molecular flexibility index (Phi) is 23.5. The first-order valence-corrected chi connectivity index (χ1v) is 16.3. The van der Waals surface area contributed by atoms with Crippen LogP contribution in [0, 0.1) is 12.1 Å². The second kappa shape index (κ2) is 16.8. The summed E-state index contributed by atoms with van der Waals surface area (Å²) in [7, 11) is 0. The molecule has 0 fully saturated rings. The number of halogens is 2. The molecule has 4 heteroatoms. The van der Waals surface area contributed by atoms with Gasteiger partial charge in [0, 0.05) is 0 Å². The van der Waals surface area contributed by atoms with Crippen LogP contribution in [0.25, 0.3) is 0 Å². The normalized spacial score (nSPS) is 6.20. The van der Waals surface area contributed by atoms with E-state index in [-0.39, 0.29) is 0 Å². The molecule has 10 heavy (non-hydrogen) atoms. The zero-order valence-electron chi connectivity index (χ0n) is 5.48. The average Bonchev–Trinajstić information content (AvgIpc) is 2.14. The van der Waals surface area contributed by atoms with Gasteiger partial charge in [-0.3, -0.25) is 24.3 Å². The minimum Gasteiger partial charge on any atom is -0.319 e. The molecule has 0 spiro atoms. The Morgan fingerprint density at radius 2 is 0.900 bits per heavy atom. The van der Waals surface area contributed by atoms with Gasteiger partial charge in [-0.05, 0) is 0 Å². The minimum atomic E-state index is 1.19. The van der Waals surface area contributed by atoms with Crippen molar-refractivity contribution in [3.05, 3.63) is 36.4 Å². The van der Waals surface area contributed by atoms with Crippen LogP contribution in [0.4, 0.5) is 0 Å². The third-order valence-corrected chi connectivity index (χ3v) is 0.552. The summed E-state index contributed by atoms with van der Waals surface area (Å²) < 4.78 is 0. The second-order valence-electron chi connectivity index (χ2n) is 1.00. The molecular weight excluding hydrogens is 363 g/mol. The van der Waals surface area contributed by atoms with Crippen LogP contribution in [0.3, 0.4) is 0 Å². The van der Waals surface area contributed by atoms with E-state index >= 15 is 0 Å². The Balaban J connectivity index is 0. The van der Waals surface area contributed by atoms with Crippen LogP contribution in [-0.4, -0.2) is 0 Å². The number of hydrogen-bond donors (Lipinski definition) is 0. The molecular formula is C6H4Br2Zn2. The molecule has 0 bridgehead atoms. The van der Waals surface area contributed by atoms with Gasteiger partial charge in [-0.1, -0.05) is 0 Å². The van der Waals surface area contributed by atoms with E-state index in [0.717, 1.165) is 0 Å². The summed E-state index contributed by atoms with van der Waals surface area (Å²) in [6, 6.07) is 13.0. The van der Waals surface area contributed by atoms with Crippen LogP contribution < -0.4 is 0 Å². The van der Waals surface area contributed by atoms with E-state index < -0.39 is 0 Å². The molecule has 1 rings (SSSR count). The van der Waals surface area contributed by atoms with Gasteiger partial charge >= 0.3 is 59.9 Å². The van der Waals surface area contributed by atoms with E-state index in [0.29, 0.717) is 0 Å². The molecule has 0 N–H and O–H groups in total. The number of hydrogen-bond acceptors (Lipinski definition) is 0. The molecule has 0 unspecified atom stereocenters. The summed E-state index contributed by atoms with van der Waals surface area (Å²) in [6.45, 7) is 0. The molecule has 46 valence electrons. The van der Waals surface area contributed by atoms with Crippen molar-refractivity contribution in [1.82, 2.24) is 0 Å². The van der Waals surface area contributed by atoms with Crippen LogP contribution in [0.5, 0.6) is 0 Å². The number of rotatable bonds is 0. The van der Waals surface area contributed by atoms with Crippen LogP contribution in [0.1, 0.15) is 0 Å². The summed E-state index contributed by atoms with van der Waals surface area (Å²) >= 11 is 8.50. The van der Waals surface area contributed by atoms with Gasteiger partial charge in [0.2, 0.25) is 0 Å². The zero-order valence-corrected chi connectivity index (χ0v) is 14.6. The summed E-state index contributed by atoms with van der Waals surface area (Å²) in [4.78, 5) is 0. The summed E-state index contributed by atoms with van der Waals surface area (Å²) in [5, 5.41) is 0. The number of benzene rings is 1. The van der Waals surface area contributed by atoms with Crippen molar-refractivity contribution in [2.24, 2.45) is 0 Å². The first kappa shape index (κ1) is 14.0. The molecule has 1 aromatic carbocycles. The van der Waals surface area contributed by atoms with E-state index in [1.807, 2.05) is 24.3 Å². The molecule has 0 atom stereocenters. The first-order chi connectivity index (χ1) is 5.00. The van der Waals surface area contributed by atoms with E-state index in [9.17, 15) is 0 Å². The van der Waals surface area contributed by atoms with Crippen LogP contribution in [0.15, 0.2) is 24.3 Å². The molecule has 0 heterocycles. The SMILES string of the molecule is [Zn+][Br].[Zn+][Br].[c-]1cc[c-]cc1. The Bertz CT molecular complexity index is 85.7. The Morgan fingerprint density at radius 3 is 1.00 bits per heavy atom. The molecule has 0 radical (unpaired) electrons. The largest absolute Gasteiger partial charge is 0.319 e. The van der Waals surface area contributed by atoms with Gasteiger partial charge in [0.1, 0.15) is 0 Å². The quantitative estimate of drug-likeness (QED) is 0.489. The van der Waals surface area contributed by atoms with Crippen LogP contribution in [0.2, 0.25) is 0 Å². The van der Waals surface area contributed by atoms with E-state index in [1.54, 1.807) is 0 Å². The third kappa shape index (κ3) is 12.1. The van der Waals surface area contributed by atoms with E-state index in [1.165, 1.54) is 32.7 Å². The fourth-order valence-electron chi connectivity index (χ4n) is 0.304. The minimum absolute atomic E-state index is 1.19. The Labute approximate surface area is 95.2 Å². The second-order valence-corrected chi connectivity index (χ2v) is 1.00. The standard InChI is InChI=1S/C6H4.2BrH.2Zn/c1-2-4-6-5-3-1;;;;/h1-2,5-6H;2*1H;;/q-2;;;2*+2/p-2. The summed E-state index contributed by atoms with van der Waals surface area (Å²) in [5.41, 5.74) is 0. The molecule has 1 aromatic rings. The molecule has 0 saturated heterocycles. The molecule has 0 aromatic heterocycles. The molecule has 0 nitrogen and oxygen atoms in total. The fraction of sp³-hybridized carbons (Fsp3) is 0. The summed E-state index contributed by atoms with van der Waals surface area (Å²) in [5.74, 6) is 0. The molecule has 0 amide bonds. The van der Waals surface area contributed by atoms with Crippen molar-refractivity contribution < 1.29 is 32.7 Å². The van der Waals surface area contributed by atoms with Crippen molar-refractivity contribution in [3.63, 3.8) is 0 Å². The maximum absolute atomic E-state index is 3.06. The molecule has 0 aliphatic rings. The van der Waals surface area contributed by atoms with E-state index in [2.05, 4.69) is 39.4 Å². The van der Waals surface area contributed by atoms with Crippen molar-refractivity contribution in [1.29, 1.82) is 0 Å². The first-order valence-electron chi connectivity index (χ1n) is 2.36. The monoisotopic (exact) mass is 362 g/mol. The zero-order chi connectivity index (χ0) is 8.24. The maximum Gasteiger partial charge on any atom is -0.288 e.